The molecule has 0 amide bonds. The van der Waals surface area contributed by atoms with Crippen LogP contribution in [0.4, 0.5) is 18.9 Å². The second kappa shape index (κ2) is 8.52. The predicted molar refractivity (Wildman–Crippen MR) is 110 cm³/mol. The Morgan fingerprint density at radius 2 is 2.07 bits per heavy atom. The number of rotatable bonds is 8. The molecule has 0 saturated heterocycles. The maximum Gasteiger partial charge on any atom is 0.294 e. The van der Waals surface area contributed by atoms with Gasteiger partial charge < -0.3 is 4.57 Å². The lowest BCUT2D eigenvalue weighted by Gasteiger charge is -2.09. The second-order valence-electron chi connectivity index (χ2n) is 6.69. The minimum absolute atomic E-state index is 0.106. The van der Waals surface area contributed by atoms with Crippen LogP contribution in [0.1, 0.15) is 24.7 Å². The fraction of sp³-hybridized carbons (Fsp3) is 0.227. The number of benzene rings is 1. The van der Waals surface area contributed by atoms with E-state index in [9.17, 15) is 18.0 Å². The maximum absolute atomic E-state index is 14.8. The van der Waals surface area contributed by atoms with Crippen LogP contribution in [0, 0.1) is 5.82 Å². The Morgan fingerprint density at radius 1 is 1.30 bits per heavy atom. The highest BCUT2D eigenvalue weighted by atomic mass is 19.3. The Morgan fingerprint density at radius 3 is 2.70 bits per heavy atom. The van der Waals surface area contributed by atoms with Gasteiger partial charge in [-0.25, -0.2) is 9.38 Å². The quantitative estimate of drug-likeness (QED) is 0.295. The molecule has 0 atom stereocenters. The van der Waals surface area contributed by atoms with Gasteiger partial charge in [0.2, 0.25) is 0 Å². The van der Waals surface area contributed by atoms with Crippen molar-refractivity contribution in [2.45, 2.75) is 25.8 Å². The van der Waals surface area contributed by atoms with Crippen LogP contribution in [0.3, 0.4) is 0 Å². The summed E-state index contributed by atoms with van der Waals surface area (Å²) in [5.41, 5.74) is 0.886. The van der Waals surface area contributed by atoms with E-state index in [1.807, 2.05) is 17.7 Å². The van der Waals surface area contributed by atoms with Crippen LogP contribution in [-0.2, 0) is 24.3 Å². The number of alkyl halides is 2. The molecule has 0 aliphatic carbocycles. The number of halogens is 3. The molecule has 0 saturated carbocycles. The van der Waals surface area contributed by atoms with E-state index in [4.69, 9.17) is 0 Å². The Hall–Kier alpha value is -3.42. The third kappa shape index (κ3) is 4.12. The first-order chi connectivity index (χ1) is 14.3. The monoisotopic (exact) mass is 414 g/mol. The van der Waals surface area contributed by atoms with Gasteiger partial charge in [-0.2, -0.15) is 13.9 Å². The second-order valence-corrected chi connectivity index (χ2v) is 6.69. The number of hydrogen-bond acceptors (Lipinski definition) is 3. The molecular formula is C22H21F3N4O. The number of carbonyl (C=O) groups excluding carboxylic acids is 1. The summed E-state index contributed by atoms with van der Waals surface area (Å²) in [7, 11) is 1.47. The van der Waals surface area contributed by atoms with E-state index < -0.39 is 23.9 Å². The minimum Gasteiger partial charge on any atom is -0.346 e. The maximum atomic E-state index is 14.8. The van der Waals surface area contributed by atoms with Crippen molar-refractivity contribution in [3.63, 3.8) is 0 Å². The molecule has 2 aromatic heterocycles. The zero-order valence-electron chi connectivity index (χ0n) is 16.6. The standard InChI is InChI=1S/C22H21F3N4O/c1-4-10-22(24,25)21-13-20(28(3)27-21)16-9-8-15(12-17(16)23)26-18(14-30)19-7-6-11-29(19)5-2/h4,6-9,11-14H,1,5,10H2,2-3H3. The van der Waals surface area contributed by atoms with Crippen LogP contribution in [0.5, 0.6) is 0 Å². The zero-order chi connectivity index (χ0) is 21.9. The van der Waals surface area contributed by atoms with Gasteiger partial charge in [-0.15, -0.1) is 6.58 Å². The molecule has 5 nitrogen and oxygen atoms in total. The van der Waals surface area contributed by atoms with E-state index in [1.54, 1.807) is 12.1 Å². The molecular weight excluding hydrogens is 393 g/mol. The lowest BCUT2D eigenvalue weighted by atomic mass is 10.1. The molecule has 8 heteroatoms. The van der Waals surface area contributed by atoms with Crippen LogP contribution in [-0.4, -0.2) is 26.3 Å². The number of nitrogens with zero attached hydrogens (tertiary/aromatic N) is 4. The van der Waals surface area contributed by atoms with Gasteiger partial charge in [0.25, 0.3) is 5.92 Å². The summed E-state index contributed by atoms with van der Waals surface area (Å²) >= 11 is 0. The molecule has 3 aromatic rings. The number of aldehydes is 1. The Bertz CT molecular complexity index is 1110. The normalized spacial score (nSPS) is 12.2. The first kappa shape index (κ1) is 21.3. The number of allylic oxidation sites excluding steroid dienone is 1. The van der Waals surface area contributed by atoms with Gasteiger partial charge in [-0.05, 0) is 37.3 Å². The first-order valence-electron chi connectivity index (χ1n) is 9.33. The summed E-state index contributed by atoms with van der Waals surface area (Å²) in [6.07, 6.45) is 2.98. The molecule has 1 aromatic carbocycles. The first-order valence-corrected chi connectivity index (χ1v) is 9.33. The molecule has 0 bridgehead atoms. The highest BCUT2D eigenvalue weighted by molar-refractivity contribution is 6.36. The molecule has 0 unspecified atom stereocenters. The molecule has 3 rings (SSSR count). The van der Waals surface area contributed by atoms with Crippen molar-refractivity contribution in [1.82, 2.24) is 14.3 Å². The van der Waals surface area contributed by atoms with Crippen molar-refractivity contribution < 1.29 is 18.0 Å². The summed E-state index contributed by atoms with van der Waals surface area (Å²) in [6.45, 7) is 5.92. The molecule has 0 fully saturated rings. The number of aryl methyl sites for hydroxylation is 2. The van der Waals surface area contributed by atoms with Gasteiger partial charge in [0, 0.05) is 37.8 Å². The number of aromatic nitrogens is 3. The summed E-state index contributed by atoms with van der Waals surface area (Å²) in [5.74, 6) is -3.85. The van der Waals surface area contributed by atoms with Crippen molar-refractivity contribution in [1.29, 1.82) is 0 Å². The average molecular weight is 414 g/mol. The number of hydrogen-bond donors (Lipinski definition) is 0. The van der Waals surface area contributed by atoms with Crippen molar-refractivity contribution in [3.8, 4) is 11.3 Å². The molecule has 0 aliphatic heterocycles. The van der Waals surface area contributed by atoms with Crippen molar-refractivity contribution >= 4 is 17.7 Å². The van der Waals surface area contributed by atoms with Crippen molar-refractivity contribution in [2.24, 2.45) is 12.0 Å². The van der Waals surface area contributed by atoms with E-state index in [2.05, 4.69) is 16.7 Å². The SMILES string of the molecule is C=CCC(F)(F)c1cc(-c2ccc(N=C(C=O)c3cccn3CC)cc2F)n(C)n1. The summed E-state index contributed by atoms with van der Waals surface area (Å²) in [5, 5.41) is 3.83. The molecule has 156 valence electrons. The van der Waals surface area contributed by atoms with Crippen LogP contribution in [0.15, 0.2) is 60.2 Å². The molecule has 0 radical (unpaired) electrons. The van der Waals surface area contributed by atoms with Gasteiger partial charge in [0.05, 0.1) is 17.1 Å². The van der Waals surface area contributed by atoms with Gasteiger partial charge >= 0.3 is 0 Å². The highest BCUT2D eigenvalue weighted by Crippen LogP contribution is 2.34. The molecule has 0 aliphatic rings. The minimum atomic E-state index is -3.19. The Labute approximate surface area is 172 Å². The largest absolute Gasteiger partial charge is 0.346 e. The summed E-state index contributed by atoms with van der Waals surface area (Å²) in [4.78, 5) is 15.8. The van der Waals surface area contributed by atoms with Gasteiger partial charge in [0.1, 0.15) is 17.2 Å². The predicted octanol–water partition coefficient (Wildman–Crippen LogP) is 5.04. The smallest absolute Gasteiger partial charge is 0.294 e. The van der Waals surface area contributed by atoms with E-state index in [1.165, 1.54) is 23.9 Å². The topological polar surface area (TPSA) is 52.2 Å². The van der Waals surface area contributed by atoms with E-state index >= 15 is 0 Å². The van der Waals surface area contributed by atoms with Crippen molar-refractivity contribution in [2.75, 3.05) is 0 Å². The number of aliphatic imine (C=N–C) groups is 1. The molecule has 30 heavy (non-hydrogen) atoms. The van der Waals surface area contributed by atoms with E-state index in [-0.39, 0.29) is 22.7 Å². The van der Waals surface area contributed by atoms with Crippen LogP contribution < -0.4 is 0 Å². The average Bonchev–Trinajstić information content (AvgIpc) is 3.33. The summed E-state index contributed by atoms with van der Waals surface area (Å²) in [6, 6.07) is 8.83. The lowest BCUT2D eigenvalue weighted by molar-refractivity contribution is -0.102. The van der Waals surface area contributed by atoms with Gasteiger partial charge in [-0.3, -0.25) is 9.48 Å². The third-order valence-electron chi connectivity index (χ3n) is 4.68. The summed E-state index contributed by atoms with van der Waals surface area (Å²) < 4.78 is 46.1. The van der Waals surface area contributed by atoms with Gasteiger partial charge in [-0.1, -0.05) is 6.08 Å². The fourth-order valence-corrected chi connectivity index (χ4v) is 3.17. The van der Waals surface area contributed by atoms with E-state index in [0.29, 0.717) is 18.5 Å². The van der Waals surface area contributed by atoms with Gasteiger partial charge in [0.15, 0.2) is 6.29 Å². The van der Waals surface area contributed by atoms with Crippen LogP contribution in [0.2, 0.25) is 0 Å². The highest BCUT2D eigenvalue weighted by Gasteiger charge is 2.34. The molecule has 0 spiro atoms. The van der Waals surface area contributed by atoms with Crippen LogP contribution in [0.25, 0.3) is 11.3 Å². The Balaban J connectivity index is 1.97. The zero-order valence-corrected chi connectivity index (χ0v) is 16.6. The lowest BCUT2D eigenvalue weighted by Crippen LogP contribution is -2.13. The van der Waals surface area contributed by atoms with Crippen LogP contribution >= 0.6 is 0 Å². The van der Waals surface area contributed by atoms with E-state index in [0.717, 1.165) is 18.2 Å². The van der Waals surface area contributed by atoms with Crippen molar-refractivity contribution in [3.05, 3.63) is 72.5 Å². The molecule has 0 N–H and O–H groups in total. The third-order valence-corrected chi connectivity index (χ3v) is 4.68. The fourth-order valence-electron chi connectivity index (χ4n) is 3.17. The molecule has 2 heterocycles. The number of carbonyl (C=O) groups is 1. The Kier molecular flexibility index (Phi) is 6.05.